The van der Waals surface area contributed by atoms with Gasteiger partial charge in [-0.2, -0.15) is 0 Å². The molecule has 2 aromatic rings. The van der Waals surface area contributed by atoms with E-state index in [4.69, 9.17) is 12.2 Å². The van der Waals surface area contributed by atoms with E-state index in [1.54, 1.807) is 11.3 Å². The summed E-state index contributed by atoms with van der Waals surface area (Å²) in [5, 5.41) is 0. The third-order valence-corrected chi connectivity index (χ3v) is 3.54. The van der Waals surface area contributed by atoms with Gasteiger partial charge < -0.3 is 4.98 Å². The van der Waals surface area contributed by atoms with Gasteiger partial charge in [0.25, 0.3) is 0 Å². The lowest BCUT2D eigenvalue weighted by molar-refractivity contribution is 1.08. The van der Waals surface area contributed by atoms with E-state index in [0.717, 1.165) is 20.1 Å². The summed E-state index contributed by atoms with van der Waals surface area (Å²) in [6.45, 7) is 1.98. The Kier molecular flexibility index (Phi) is 2.80. The first-order valence-electron chi connectivity index (χ1n) is 3.99. The first kappa shape index (κ1) is 10.0. The Labute approximate surface area is 99.2 Å². The zero-order chi connectivity index (χ0) is 10.1. The number of hydrogen-bond acceptors (Lipinski definition) is 3. The molecule has 0 atom stereocenters. The summed E-state index contributed by atoms with van der Waals surface area (Å²) in [4.78, 5) is 8.38. The molecule has 0 aliphatic rings. The van der Waals surface area contributed by atoms with E-state index in [9.17, 15) is 0 Å². The van der Waals surface area contributed by atoms with Crippen molar-refractivity contribution in [3.05, 3.63) is 32.5 Å². The van der Waals surface area contributed by atoms with Gasteiger partial charge in [-0.1, -0.05) is 0 Å². The molecule has 1 N–H and O–H groups in total. The molecule has 0 amide bonds. The Morgan fingerprint density at radius 3 is 2.86 bits per heavy atom. The molecule has 5 heteroatoms. The van der Waals surface area contributed by atoms with E-state index in [0.29, 0.717) is 4.77 Å². The Morgan fingerprint density at radius 2 is 2.29 bits per heavy atom. The Balaban J connectivity index is 2.56. The van der Waals surface area contributed by atoms with Crippen LogP contribution >= 0.6 is 39.5 Å². The number of aryl methyl sites for hydroxylation is 1. The van der Waals surface area contributed by atoms with Gasteiger partial charge in [-0.15, -0.1) is 11.3 Å². The number of rotatable bonds is 1. The molecule has 0 bridgehead atoms. The number of aromatic amines is 1. The van der Waals surface area contributed by atoms with E-state index in [1.807, 2.05) is 25.1 Å². The highest BCUT2D eigenvalue weighted by Gasteiger charge is 2.03. The van der Waals surface area contributed by atoms with Crippen LogP contribution in [-0.4, -0.2) is 9.97 Å². The maximum Gasteiger partial charge on any atom is 0.197 e. The lowest BCUT2D eigenvalue weighted by Gasteiger charge is -1.98. The Hall–Kier alpha value is -0.520. The van der Waals surface area contributed by atoms with Crippen LogP contribution < -0.4 is 0 Å². The van der Waals surface area contributed by atoms with Gasteiger partial charge in [-0.3, -0.25) is 0 Å². The zero-order valence-corrected chi connectivity index (χ0v) is 10.6. The highest BCUT2D eigenvalue weighted by Crippen LogP contribution is 2.29. The van der Waals surface area contributed by atoms with Crippen molar-refractivity contribution in [1.29, 1.82) is 0 Å². The Bertz CT molecular complexity index is 516. The predicted octanol–water partition coefficient (Wildman–Crippen LogP) is 3.94. The van der Waals surface area contributed by atoms with Crippen LogP contribution in [0.1, 0.15) is 5.69 Å². The molecular weight excluding hydrogens is 280 g/mol. The Morgan fingerprint density at radius 1 is 1.50 bits per heavy atom. The maximum atomic E-state index is 5.02. The lowest BCUT2D eigenvalue weighted by atomic mass is 10.3. The van der Waals surface area contributed by atoms with Crippen molar-refractivity contribution in [1.82, 2.24) is 9.97 Å². The molecule has 0 aliphatic carbocycles. The summed E-state index contributed by atoms with van der Waals surface area (Å²) in [6, 6.07) is 6.04. The SMILES string of the molecule is Cc1cc(-c2ccc(Br)s2)nc(=S)[nH]1. The van der Waals surface area contributed by atoms with Crippen molar-refractivity contribution < 1.29 is 0 Å². The third-order valence-electron chi connectivity index (χ3n) is 1.70. The van der Waals surface area contributed by atoms with E-state index >= 15 is 0 Å². The van der Waals surface area contributed by atoms with E-state index in [-0.39, 0.29) is 0 Å². The van der Waals surface area contributed by atoms with Crippen molar-refractivity contribution in [2.45, 2.75) is 6.92 Å². The highest BCUT2D eigenvalue weighted by atomic mass is 79.9. The maximum absolute atomic E-state index is 5.02. The molecule has 0 aromatic carbocycles. The highest BCUT2D eigenvalue weighted by molar-refractivity contribution is 9.11. The van der Waals surface area contributed by atoms with E-state index in [2.05, 4.69) is 25.9 Å². The summed E-state index contributed by atoms with van der Waals surface area (Å²) in [7, 11) is 0. The monoisotopic (exact) mass is 286 g/mol. The summed E-state index contributed by atoms with van der Waals surface area (Å²) >= 11 is 10.1. The number of thiophene rings is 1. The largest absolute Gasteiger partial charge is 0.335 e. The van der Waals surface area contributed by atoms with E-state index < -0.39 is 0 Å². The van der Waals surface area contributed by atoms with Crippen molar-refractivity contribution in [3.8, 4) is 10.6 Å². The fourth-order valence-electron chi connectivity index (χ4n) is 1.16. The van der Waals surface area contributed by atoms with Crippen LogP contribution in [0.3, 0.4) is 0 Å². The minimum atomic E-state index is 0.532. The molecule has 0 spiro atoms. The molecule has 0 radical (unpaired) electrons. The minimum Gasteiger partial charge on any atom is -0.335 e. The normalized spacial score (nSPS) is 10.4. The third kappa shape index (κ3) is 2.10. The standard InChI is InChI=1S/C9H7BrN2S2/c1-5-4-6(12-9(13)11-5)7-2-3-8(10)14-7/h2-4H,1H3,(H,11,12,13). The number of H-pyrrole nitrogens is 1. The zero-order valence-electron chi connectivity index (χ0n) is 7.37. The summed E-state index contributed by atoms with van der Waals surface area (Å²) < 4.78 is 1.63. The van der Waals surface area contributed by atoms with Crippen LogP contribution in [0.5, 0.6) is 0 Å². The van der Waals surface area contributed by atoms with Gasteiger partial charge in [0.15, 0.2) is 4.77 Å². The number of nitrogens with one attached hydrogen (secondary N) is 1. The average molecular weight is 287 g/mol. The first-order chi connectivity index (χ1) is 6.65. The van der Waals surface area contributed by atoms with Crippen LogP contribution in [0.15, 0.2) is 22.0 Å². The van der Waals surface area contributed by atoms with Gasteiger partial charge in [0, 0.05) is 5.69 Å². The topological polar surface area (TPSA) is 28.7 Å². The molecule has 2 aromatic heterocycles. The van der Waals surface area contributed by atoms with Crippen LogP contribution in [0.25, 0.3) is 10.6 Å². The van der Waals surface area contributed by atoms with Gasteiger partial charge in [0.1, 0.15) is 0 Å². The van der Waals surface area contributed by atoms with Crippen LogP contribution in [-0.2, 0) is 0 Å². The average Bonchev–Trinajstić information content (AvgIpc) is 2.50. The minimum absolute atomic E-state index is 0.532. The molecule has 2 rings (SSSR count). The van der Waals surface area contributed by atoms with E-state index in [1.165, 1.54) is 0 Å². The molecule has 2 heterocycles. The molecule has 2 nitrogen and oxygen atoms in total. The van der Waals surface area contributed by atoms with Crippen molar-refractivity contribution in [2.75, 3.05) is 0 Å². The molecule has 0 fully saturated rings. The molecule has 14 heavy (non-hydrogen) atoms. The fraction of sp³-hybridized carbons (Fsp3) is 0.111. The number of halogens is 1. The van der Waals surface area contributed by atoms with Crippen molar-refractivity contribution >= 4 is 39.5 Å². The van der Waals surface area contributed by atoms with Crippen LogP contribution in [0, 0.1) is 11.7 Å². The molecule has 72 valence electrons. The van der Waals surface area contributed by atoms with Gasteiger partial charge in [0.2, 0.25) is 0 Å². The van der Waals surface area contributed by atoms with Gasteiger partial charge in [-0.05, 0) is 53.3 Å². The molecule has 0 saturated carbocycles. The van der Waals surface area contributed by atoms with Crippen LogP contribution in [0.2, 0.25) is 0 Å². The number of aromatic nitrogens is 2. The lowest BCUT2D eigenvalue weighted by Crippen LogP contribution is -1.88. The predicted molar refractivity (Wildman–Crippen MR) is 65.2 cm³/mol. The summed E-state index contributed by atoms with van der Waals surface area (Å²) in [6.07, 6.45) is 0. The quantitative estimate of drug-likeness (QED) is 0.805. The van der Waals surface area contributed by atoms with Crippen LogP contribution in [0.4, 0.5) is 0 Å². The van der Waals surface area contributed by atoms with Gasteiger partial charge in [-0.25, -0.2) is 4.98 Å². The molecule has 0 unspecified atom stereocenters. The summed E-state index contributed by atoms with van der Waals surface area (Å²) in [5.41, 5.74) is 1.96. The molecule has 0 saturated heterocycles. The van der Waals surface area contributed by atoms with Gasteiger partial charge in [0.05, 0.1) is 14.4 Å². The van der Waals surface area contributed by atoms with Crippen molar-refractivity contribution in [2.24, 2.45) is 0 Å². The second-order valence-electron chi connectivity index (χ2n) is 2.86. The summed E-state index contributed by atoms with van der Waals surface area (Å²) in [5.74, 6) is 0. The molecule has 0 aliphatic heterocycles. The number of nitrogens with zero attached hydrogens (tertiary/aromatic N) is 1. The fourth-order valence-corrected chi connectivity index (χ4v) is 2.76. The number of hydrogen-bond donors (Lipinski definition) is 1. The molecular formula is C9H7BrN2S2. The second kappa shape index (κ2) is 3.92. The van der Waals surface area contributed by atoms with Crippen molar-refractivity contribution in [3.63, 3.8) is 0 Å². The van der Waals surface area contributed by atoms with Gasteiger partial charge >= 0.3 is 0 Å². The first-order valence-corrected chi connectivity index (χ1v) is 6.00. The second-order valence-corrected chi connectivity index (χ2v) is 5.71. The smallest absolute Gasteiger partial charge is 0.197 e.